The molecule has 0 radical (unpaired) electrons. The number of ether oxygens (including phenoxy) is 3. The second kappa shape index (κ2) is 28.6. The zero-order valence-electron chi connectivity index (χ0n) is 29.8. The number of aromatic hydroxyl groups is 1. The van der Waals surface area contributed by atoms with Gasteiger partial charge in [0.15, 0.2) is 23.6 Å². The predicted octanol–water partition coefficient (Wildman–Crippen LogP) is 11.9. The number of nitriles is 2. The van der Waals surface area contributed by atoms with E-state index < -0.39 is 0 Å². The van der Waals surface area contributed by atoms with Crippen LogP contribution in [0.4, 0.5) is 0 Å². The highest BCUT2D eigenvalue weighted by Gasteiger charge is 2.18. The Labute approximate surface area is 286 Å². The summed E-state index contributed by atoms with van der Waals surface area (Å²) in [6, 6.07) is 14.0. The van der Waals surface area contributed by atoms with E-state index in [2.05, 4.69) is 39.5 Å². The minimum Gasteiger partial charge on any atom is -0.508 e. The molecular weight excluding hydrogens is 584 g/mol. The van der Waals surface area contributed by atoms with Crippen molar-refractivity contribution in [1.82, 2.24) is 0 Å². The first-order valence-electron chi connectivity index (χ1n) is 18.3. The standard InChI is InChI=1S/C39H62O4.C2N2/c1-5-8-11-14-17-20-27-41-37-31-35(33(4)30-34-23-25-36(40)26-24-34)32-38(42-28-21-18-15-12-9-6-2)39(37)43-29-22-19-16-13-10-7-3;3-1-2-4/h23-26,31-32,40H,4-22,27-30H2,1-3H3;. The third-order valence-electron chi connectivity index (χ3n) is 8.09. The second-order valence-electron chi connectivity index (χ2n) is 12.3. The van der Waals surface area contributed by atoms with Gasteiger partial charge in [-0.05, 0) is 66.6 Å². The Balaban J connectivity index is 0.00000260. The Morgan fingerprint density at radius 3 is 1.38 bits per heavy atom. The number of benzene rings is 2. The topological polar surface area (TPSA) is 95.5 Å². The lowest BCUT2D eigenvalue weighted by Crippen LogP contribution is -2.07. The van der Waals surface area contributed by atoms with Crippen molar-refractivity contribution in [2.75, 3.05) is 19.8 Å². The molecule has 0 bridgehead atoms. The van der Waals surface area contributed by atoms with Gasteiger partial charge in [-0.25, -0.2) is 0 Å². The van der Waals surface area contributed by atoms with Gasteiger partial charge in [0.1, 0.15) is 5.75 Å². The SMILES string of the molecule is C=C(Cc1ccc(O)cc1)c1cc(OCCCCCCCC)c(OCCCCCCCC)c(OCCCCCCCC)c1.N#CC#N. The lowest BCUT2D eigenvalue weighted by molar-refractivity contribution is 0.234. The smallest absolute Gasteiger partial charge is 0.203 e. The van der Waals surface area contributed by atoms with Gasteiger partial charge < -0.3 is 19.3 Å². The molecule has 1 N–H and O–H groups in total. The van der Waals surface area contributed by atoms with E-state index in [1.807, 2.05) is 12.1 Å². The second-order valence-corrected chi connectivity index (χ2v) is 12.3. The van der Waals surface area contributed by atoms with Crippen LogP contribution in [-0.4, -0.2) is 24.9 Å². The molecular formula is C41H62N2O4. The summed E-state index contributed by atoms with van der Waals surface area (Å²) in [6.07, 6.45) is 22.7. The Bertz CT molecular complexity index is 1110. The molecule has 2 rings (SSSR count). The van der Waals surface area contributed by atoms with Gasteiger partial charge in [0.2, 0.25) is 5.75 Å². The van der Waals surface area contributed by atoms with E-state index in [-0.39, 0.29) is 5.75 Å². The van der Waals surface area contributed by atoms with E-state index in [9.17, 15) is 5.11 Å². The maximum Gasteiger partial charge on any atom is 0.203 e. The molecule has 0 unspecified atom stereocenters. The molecule has 2 aromatic carbocycles. The minimum atomic E-state index is 0.275. The van der Waals surface area contributed by atoms with Crippen molar-refractivity contribution in [2.24, 2.45) is 0 Å². The largest absolute Gasteiger partial charge is 0.508 e. The normalized spacial score (nSPS) is 10.3. The zero-order valence-corrected chi connectivity index (χ0v) is 29.8. The molecule has 0 aromatic heterocycles. The van der Waals surface area contributed by atoms with Crippen molar-refractivity contribution in [2.45, 2.75) is 143 Å². The number of hydrogen-bond acceptors (Lipinski definition) is 6. The highest BCUT2D eigenvalue weighted by Crippen LogP contribution is 2.41. The van der Waals surface area contributed by atoms with Gasteiger partial charge >= 0.3 is 0 Å². The molecule has 0 aliphatic carbocycles. The van der Waals surface area contributed by atoms with Gasteiger partial charge in [0.05, 0.1) is 19.8 Å². The minimum absolute atomic E-state index is 0.275. The van der Waals surface area contributed by atoms with Crippen LogP contribution in [0.25, 0.3) is 5.57 Å². The van der Waals surface area contributed by atoms with Gasteiger partial charge in [-0.2, -0.15) is 10.5 Å². The van der Waals surface area contributed by atoms with Crippen LogP contribution in [0.3, 0.4) is 0 Å². The fourth-order valence-electron chi connectivity index (χ4n) is 5.29. The number of allylic oxidation sites excluding steroid dienone is 1. The van der Waals surface area contributed by atoms with Crippen molar-refractivity contribution in [3.05, 3.63) is 54.1 Å². The lowest BCUT2D eigenvalue weighted by atomic mass is 9.99. The van der Waals surface area contributed by atoms with Gasteiger partial charge in [0.25, 0.3) is 0 Å². The third kappa shape index (κ3) is 20.3. The molecule has 260 valence electrons. The summed E-state index contributed by atoms with van der Waals surface area (Å²) in [4.78, 5) is 0. The molecule has 0 spiro atoms. The maximum atomic E-state index is 9.71. The first-order chi connectivity index (χ1) is 23.0. The van der Waals surface area contributed by atoms with Crippen LogP contribution in [0, 0.1) is 22.7 Å². The van der Waals surface area contributed by atoms with E-state index in [1.54, 1.807) is 12.1 Å². The van der Waals surface area contributed by atoms with E-state index in [0.29, 0.717) is 26.2 Å². The van der Waals surface area contributed by atoms with Crippen molar-refractivity contribution < 1.29 is 19.3 Å². The zero-order chi connectivity index (χ0) is 34.4. The Morgan fingerprint density at radius 1 is 0.596 bits per heavy atom. The molecule has 6 nitrogen and oxygen atoms in total. The van der Waals surface area contributed by atoms with E-state index in [0.717, 1.165) is 53.2 Å². The number of unbranched alkanes of at least 4 members (excludes halogenated alkanes) is 15. The molecule has 0 heterocycles. The van der Waals surface area contributed by atoms with E-state index in [1.165, 1.54) is 108 Å². The summed E-state index contributed by atoms with van der Waals surface area (Å²) in [7, 11) is 0. The molecule has 0 saturated heterocycles. The van der Waals surface area contributed by atoms with Crippen molar-refractivity contribution >= 4 is 5.57 Å². The molecule has 0 saturated carbocycles. The van der Waals surface area contributed by atoms with Crippen molar-refractivity contribution in [1.29, 1.82) is 10.5 Å². The molecule has 0 fully saturated rings. The molecule has 0 amide bonds. The fraction of sp³-hybridized carbons (Fsp3) is 0.610. The number of nitrogens with zero attached hydrogens (tertiary/aromatic N) is 2. The molecule has 0 aliphatic heterocycles. The van der Waals surface area contributed by atoms with Crippen LogP contribution in [0.5, 0.6) is 23.0 Å². The summed E-state index contributed by atoms with van der Waals surface area (Å²) < 4.78 is 19.3. The molecule has 6 heteroatoms. The Hall–Kier alpha value is -3.64. The Kier molecular flexibility index (Phi) is 25.2. The van der Waals surface area contributed by atoms with E-state index >= 15 is 0 Å². The van der Waals surface area contributed by atoms with Crippen LogP contribution < -0.4 is 14.2 Å². The first-order valence-corrected chi connectivity index (χ1v) is 18.3. The number of phenols is 1. The van der Waals surface area contributed by atoms with Gasteiger partial charge in [0, 0.05) is 0 Å². The predicted molar refractivity (Wildman–Crippen MR) is 195 cm³/mol. The van der Waals surface area contributed by atoms with Crippen LogP contribution in [-0.2, 0) is 6.42 Å². The molecule has 2 aromatic rings. The average molecular weight is 647 g/mol. The number of phenolic OH excluding ortho intramolecular Hbond substituents is 1. The summed E-state index contributed by atoms with van der Waals surface area (Å²) in [6.45, 7) is 13.2. The van der Waals surface area contributed by atoms with Gasteiger partial charge in [-0.15, -0.1) is 0 Å². The van der Waals surface area contributed by atoms with Crippen molar-refractivity contribution in [3.63, 3.8) is 0 Å². The first kappa shape index (κ1) is 41.4. The summed E-state index contributed by atoms with van der Waals surface area (Å²) in [5.74, 6) is 2.55. The summed E-state index contributed by atoms with van der Waals surface area (Å²) in [5.41, 5.74) is 3.10. The van der Waals surface area contributed by atoms with Gasteiger partial charge in [-0.3, -0.25) is 0 Å². The van der Waals surface area contributed by atoms with Gasteiger partial charge in [-0.1, -0.05) is 136 Å². The van der Waals surface area contributed by atoms with Crippen LogP contribution in [0.1, 0.15) is 147 Å². The summed E-state index contributed by atoms with van der Waals surface area (Å²) in [5, 5.41) is 24.2. The number of rotatable bonds is 27. The molecule has 0 aliphatic rings. The highest BCUT2D eigenvalue weighted by atomic mass is 16.5. The van der Waals surface area contributed by atoms with E-state index in [4.69, 9.17) is 24.7 Å². The lowest BCUT2D eigenvalue weighted by Gasteiger charge is -2.20. The monoisotopic (exact) mass is 646 g/mol. The fourth-order valence-corrected chi connectivity index (χ4v) is 5.29. The maximum absolute atomic E-state index is 9.71. The Morgan fingerprint density at radius 2 is 0.979 bits per heavy atom. The quantitative estimate of drug-likeness (QED) is 0.0970. The summed E-state index contributed by atoms with van der Waals surface area (Å²) >= 11 is 0. The van der Waals surface area contributed by atoms with Crippen LogP contribution in [0.2, 0.25) is 0 Å². The average Bonchev–Trinajstić information content (AvgIpc) is 3.08. The van der Waals surface area contributed by atoms with Crippen molar-refractivity contribution in [3.8, 4) is 35.1 Å². The molecule has 0 atom stereocenters. The molecule has 47 heavy (non-hydrogen) atoms. The third-order valence-corrected chi connectivity index (χ3v) is 8.09. The van der Waals surface area contributed by atoms with Crippen LogP contribution >= 0.6 is 0 Å². The number of hydrogen-bond donors (Lipinski definition) is 1. The highest BCUT2D eigenvalue weighted by molar-refractivity contribution is 5.71. The van der Waals surface area contributed by atoms with Crippen LogP contribution in [0.15, 0.2) is 43.0 Å².